The number of rotatable bonds is 3. The van der Waals surface area contributed by atoms with E-state index in [0.717, 1.165) is 44.2 Å². The highest BCUT2D eigenvalue weighted by Crippen LogP contribution is 2.10. The second-order valence-corrected chi connectivity index (χ2v) is 4.82. The predicted molar refractivity (Wildman–Crippen MR) is 81.2 cm³/mol. The molecular weight excluding hydrogens is 303 g/mol. The van der Waals surface area contributed by atoms with E-state index in [4.69, 9.17) is 10.3 Å². The molecule has 1 aliphatic rings. The maximum Gasteiger partial charge on any atom is 0.239 e. The number of hydrogen-bond donors (Lipinski definition) is 1. The lowest BCUT2D eigenvalue weighted by Gasteiger charge is -2.34. The topological polar surface area (TPSA) is 75.6 Å². The summed E-state index contributed by atoms with van der Waals surface area (Å²) in [6.45, 7) is 7.54. The molecule has 2 N–H and O–H groups in total. The Bertz CT molecular complexity index is 417. The van der Waals surface area contributed by atoms with E-state index in [9.17, 15) is 4.79 Å². The Morgan fingerprint density at radius 3 is 2.45 bits per heavy atom. The lowest BCUT2D eigenvalue weighted by Crippen LogP contribution is -2.52. The maximum absolute atomic E-state index is 11.7. The number of amides is 1. The second-order valence-electron chi connectivity index (χ2n) is 4.82. The number of piperazine rings is 1. The Morgan fingerprint density at radius 2 is 2.00 bits per heavy atom. The molecule has 1 aromatic rings. The van der Waals surface area contributed by atoms with Crippen LogP contribution in [0.2, 0.25) is 0 Å². The third-order valence-electron chi connectivity index (χ3n) is 3.13. The van der Waals surface area contributed by atoms with Crippen LogP contribution in [-0.2, 0) is 11.3 Å². The van der Waals surface area contributed by atoms with E-state index in [1.807, 2.05) is 17.9 Å². The van der Waals surface area contributed by atoms with Gasteiger partial charge in [0.25, 0.3) is 0 Å². The summed E-state index contributed by atoms with van der Waals surface area (Å²) >= 11 is 0. The molecule has 0 saturated carbocycles. The Kier molecular flexibility index (Phi) is 8.12. The number of carbonyl (C=O) groups excluding carboxylic acids is 1. The minimum absolute atomic E-state index is 0. The fourth-order valence-corrected chi connectivity index (χ4v) is 2.13. The van der Waals surface area contributed by atoms with E-state index in [2.05, 4.69) is 10.1 Å². The summed E-state index contributed by atoms with van der Waals surface area (Å²) in [6.07, 6.45) is 0. The lowest BCUT2D eigenvalue weighted by atomic mass is 10.2. The van der Waals surface area contributed by atoms with E-state index < -0.39 is 6.04 Å². The normalized spacial score (nSPS) is 17.1. The summed E-state index contributed by atoms with van der Waals surface area (Å²) in [4.78, 5) is 15.8. The van der Waals surface area contributed by atoms with E-state index in [1.54, 1.807) is 6.92 Å². The number of nitrogens with zero attached hydrogens (tertiary/aromatic N) is 3. The number of halogens is 2. The molecule has 2 heterocycles. The van der Waals surface area contributed by atoms with Crippen molar-refractivity contribution in [3.05, 3.63) is 17.5 Å². The molecule has 0 spiro atoms. The van der Waals surface area contributed by atoms with Gasteiger partial charge in [0.2, 0.25) is 5.91 Å². The highest BCUT2D eigenvalue weighted by Gasteiger charge is 2.23. The van der Waals surface area contributed by atoms with Gasteiger partial charge in [-0.1, -0.05) is 5.16 Å². The Hall–Kier alpha value is -0.820. The molecule has 0 unspecified atom stereocenters. The first-order chi connectivity index (χ1) is 8.56. The van der Waals surface area contributed by atoms with Crippen molar-refractivity contribution in [2.75, 3.05) is 26.2 Å². The van der Waals surface area contributed by atoms with Gasteiger partial charge in [-0.3, -0.25) is 9.69 Å². The standard InChI is InChI=1S/C12H20N4O2.2ClH/c1-9-7-11(18-14-9)8-15-3-5-16(6-4-15)12(17)10(2)13;;/h7,10H,3-6,8,13H2,1-2H3;2*1H/t10-;;/m1../s1. The molecule has 1 aromatic heterocycles. The first kappa shape index (κ1) is 19.2. The zero-order chi connectivity index (χ0) is 13.1. The van der Waals surface area contributed by atoms with Crippen LogP contribution in [0.3, 0.4) is 0 Å². The SMILES string of the molecule is Cc1cc(CN2CCN(C(=O)[C@@H](C)N)CC2)on1.Cl.Cl. The number of aryl methyl sites for hydroxylation is 1. The van der Waals surface area contributed by atoms with Gasteiger partial charge in [0.1, 0.15) is 0 Å². The van der Waals surface area contributed by atoms with Gasteiger partial charge in [-0.15, -0.1) is 24.8 Å². The van der Waals surface area contributed by atoms with Crippen molar-refractivity contribution in [1.82, 2.24) is 15.0 Å². The second kappa shape index (κ2) is 8.46. The maximum atomic E-state index is 11.7. The first-order valence-corrected chi connectivity index (χ1v) is 6.25. The summed E-state index contributed by atoms with van der Waals surface area (Å²) in [6, 6.07) is 1.54. The summed E-state index contributed by atoms with van der Waals surface area (Å²) in [5, 5.41) is 3.87. The van der Waals surface area contributed by atoms with Crippen LogP contribution >= 0.6 is 24.8 Å². The highest BCUT2D eigenvalue weighted by atomic mass is 35.5. The number of aromatic nitrogens is 1. The van der Waals surface area contributed by atoms with Gasteiger partial charge in [0.05, 0.1) is 18.3 Å². The number of carbonyl (C=O) groups is 1. The third kappa shape index (κ3) is 4.94. The molecule has 0 aromatic carbocycles. The molecular formula is C12H22Cl2N4O2. The molecule has 1 aliphatic heterocycles. The fraction of sp³-hybridized carbons (Fsp3) is 0.667. The molecule has 116 valence electrons. The van der Waals surface area contributed by atoms with Gasteiger partial charge in [0, 0.05) is 32.2 Å². The summed E-state index contributed by atoms with van der Waals surface area (Å²) in [7, 11) is 0. The van der Waals surface area contributed by atoms with Crippen molar-refractivity contribution in [2.24, 2.45) is 5.73 Å². The van der Waals surface area contributed by atoms with Crippen LogP contribution in [-0.4, -0.2) is 53.1 Å². The average molecular weight is 325 g/mol. The first-order valence-electron chi connectivity index (χ1n) is 6.25. The molecule has 1 fully saturated rings. The van der Waals surface area contributed by atoms with E-state index in [-0.39, 0.29) is 30.7 Å². The van der Waals surface area contributed by atoms with Crippen LogP contribution in [0.25, 0.3) is 0 Å². The summed E-state index contributed by atoms with van der Waals surface area (Å²) in [5.74, 6) is 0.907. The molecule has 8 heteroatoms. The van der Waals surface area contributed by atoms with Crippen molar-refractivity contribution in [1.29, 1.82) is 0 Å². The quantitative estimate of drug-likeness (QED) is 0.890. The Labute approximate surface area is 131 Å². The highest BCUT2D eigenvalue weighted by molar-refractivity contribution is 5.85. The third-order valence-corrected chi connectivity index (χ3v) is 3.13. The zero-order valence-corrected chi connectivity index (χ0v) is 13.4. The molecule has 6 nitrogen and oxygen atoms in total. The number of hydrogen-bond acceptors (Lipinski definition) is 5. The van der Waals surface area contributed by atoms with Gasteiger partial charge in [-0.05, 0) is 13.8 Å². The van der Waals surface area contributed by atoms with Crippen LogP contribution in [0, 0.1) is 6.92 Å². The van der Waals surface area contributed by atoms with Gasteiger partial charge >= 0.3 is 0 Å². The smallest absolute Gasteiger partial charge is 0.239 e. The van der Waals surface area contributed by atoms with E-state index >= 15 is 0 Å². The van der Waals surface area contributed by atoms with Crippen LogP contribution in [0.4, 0.5) is 0 Å². The van der Waals surface area contributed by atoms with Crippen molar-refractivity contribution in [3.8, 4) is 0 Å². The molecule has 20 heavy (non-hydrogen) atoms. The minimum atomic E-state index is -0.409. The molecule has 1 amide bonds. The van der Waals surface area contributed by atoms with Crippen molar-refractivity contribution in [3.63, 3.8) is 0 Å². The van der Waals surface area contributed by atoms with Gasteiger partial charge in [-0.2, -0.15) is 0 Å². The van der Waals surface area contributed by atoms with E-state index in [1.165, 1.54) is 0 Å². The monoisotopic (exact) mass is 324 g/mol. The predicted octanol–water partition coefficient (Wildman–Crippen LogP) is 0.818. The Morgan fingerprint density at radius 1 is 1.40 bits per heavy atom. The van der Waals surface area contributed by atoms with E-state index in [0.29, 0.717) is 0 Å². The molecule has 0 radical (unpaired) electrons. The van der Waals surface area contributed by atoms with Crippen LogP contribution in [0.1, 0.15) is 18.4 Å². The largest absolute Gasteiger partial charge is 0.360 e. The van der Waals surface area contributed by atoms with Crippen LogP contribution in [0.15, 0.2) is 10.6 Å². The van der Waals surface area contributed by atoms with Crippen molar-refractivity contribution in [2.45, 2.75) is 26.4 Å². The molecule has 0 bridgehead atoms. The van der Waals surface area contributed by atoms with Gasteiger partial charge in [0.15, 0.2) is 5.76 Å². The summed E-state index contributed by atoms with van der Waals surface area (Å²) < 4.78 is 5.19. The lowest BCUT2D eigenvalue weighted by molar-refractivity contribution is -0.134. The zero-order valence-electron chi connectivity index (χ0n) is 11.7. The van der Waals surface area contributed by atoms with Gasteiger partial charge in [-0.25, -0.2) is 0 Å². The van der Waals surface area contributed by atoms with Crippen LogP contribution < -0.4 is 5.73 Å². The van der Waals surface area contributed by atoms with Crippen molar-refractivity contribution >= 4 is 30.7 Å². The molecule has 2 rings (SSSR count). The van der Waals surface area contributed by atoms with Gasteiger partial charge < -0.3 is 15.2 Å². The number of nitrogens with two attached hydrogens (primary N) is 1. The molecule has 1 saturated heterocycles. The Balaban J connectivity index is 0.00000180. The summed E-state index contributed by atoms with van der Waals surface area (Å²) in [5.41, 5.74) is 6.50. The molecule has 1 atom stereocenters. The average Bonchev–Trinajstić information content (AvgIpc) is 2.75. The molecule has 0 aliphatic carbocycles. The van der Waals surface area contributed by atoms with Crippen molar-refractivity contribution < 1.29 is 9.32 Å². The fourth-order valence-electron chi connectivity index (χ4n) is 2.13. The minimum Gasteiger partial charge on any atom is -0.360 e. The van der Waals surface area contributed by atoms with Crippen LogP contribution in [0.5, 0.6) is 0 Å².